The third-order valence-electron chi connectivity index (χ3n) is 2.17. The molecule has 82 valence electrons. The second-order valence-electron chi connectivity index (χ2n) is 3.29. The van der Waals surface area contributed by atoms with E-state index in [0.29, 0.717) is 6.61 Å². The van der Waals surface area contributed by atoms with Crippen molar-refractivity contribution in [2.75, 3.05) is 12.3 Å². The summed E-state index contributed by atoms with van der Waals surface area (Å²) >= 11 is 0. The van der Waals surface area contributed by atoms with Crippen molar-refractivity contribution in [3.05, 3.63) is 36.7 Å². The minimum Gasteiger partial charge on any atom is -0.494 e. The van der Waals surface area contributed by atoms with Gasteiger partial charge >= 0.3 is 0 Å². The van der Waals surface area contributed by atoms with E-state index in [4.69, 9.17) is 10.5 Å². The Labute approximate surface area is 94.1 Å². The van der Waals surface area contributed by atoms with E-state index in [9.17, 15) is 0 Å². The molecule has 1 heterocycles. The summed E-state index contributed by atoms with van der Waals surface area (Å²) < 4.78 is 5.36. The van der Waals surface area contributed by atoms with E-state index < -0.39 is 0 Å². The normalized spacial score (nSPS) is 10.1. The Bertz CT molecular complexity index is 451. The van der Waals surface area contributed by atoms with Gasteiger partial charge in [-0.3, -0.25) is 0 Å². The molecule has 0 aliphatic carbocycles. The van der Waals surface area contributed by atoms with Crippen molar-refractivity contribution >= 4 is 5.95 Å². The van der Waals surface area contributed by atoms with Gasteiger partial charge in [-0.2, -0.15) is 0 Å². The number of nitrogen functional groups attached to an aromatic ring is 1. The van der Waals surface area contributed by atoms with Gasteiger partial charge in [-0.05, 0) is 24.6 Å². The summed E-state index contributed by atoms with van der Waals surface area (Å²) in [5.41, 5.74) is 7.41. The number of rotatable bonds is 3. The Morgan fingerprint density at radius 1 is 1.06 bits per heavy atom. The van der Waals surface area contributed by atoms with Crippen LogP contribution in [0.2, 0.25) is 0 Å². The van der Waals surface area contributed by atoms with Gasteiger partial charge in [0.25, 0.3) is 0 Å². The number of hydrogen-bond acceptors (Lipinski definition) is 4. The van der Waals surface area contributed by atoms with Crippen molar-refractivity contribution in [3.8, 4) is 16.9 Å². The first-order valence-corrected chi connectivity index (χ1v) is 5.10. The Hall–Kier alpha value is -2.10. The van der Waals surface area contributed by atoms with Crippen LogP contribution in [0.15, 0.2) is 36.7 Å². The molecule has 2 N–H and O–H groups in total. The Morgan fingerprint density at radius 2 is 1.69 bits per heavy atom. The molecule has 1 aromatic heterocycles. The summed E-state index contributed by atoms with van der Waals surface area (Å²) in [6, 6.07) is 7.80. The smallest absolute Gasteiger partial charge is 0.219 e. The average Bonchev–Trinajstić information content (AvgIpc) is 2.32. The molecular formula is C12H13N3O. The maximum atomic E-state index is 5.43. The van der Waals surface area contributed by atoms with Gasteiger partial charge in [-0.15, -0.1) is 0 Å². The van der Waals surface area contributed by atoms with Gasteiger partial charge in [0, 0.05) is 18.0 Å². The predicted octanol–water partition coefficient (Wildman–Crippen LogP) is 2.12. The van der Waals surface area contributed by atoms with Gasteiger partial charge in [-0.25, -0.2) is 9.97 Å². The molecule has 16 heavy (non-hydrogen) atoms. The van der Waals surface area contributed by atoms with Crippen molar-refractivity contribution in [1.29, 1.82) is 0 Å². The molecule has 4 heteroatoms. The zero-order valence-corrected chi connectivity index (χ0v) is 9.05. The van der Waals surface area contributed by atoms with E-state index in [-0.39, 0.29) is 5.95 Å². The number of hydrogen-bond donors (Lipinski definition) is 1. The fourth-order valence-corrected chi connectivity index (χ4v) is 1.40. The van der Waals surface area contributed by atoms with Crippen LogP contribution in [0.25, 0.3) is 11.1 Å². The van der Waals surface area contributed by atoms with E-state index in [1.807, 2.05) is 31.2 Å². The molecule has 2 aromatic rings. The van der Waals surface area contributed by atoms with Crippen LogP contribution >= 0.6 is 0 Å². The monoisotopic (exact) mass is 215 g/mol. The summed E-state index contributed by atoms with van der Waals surface area (Å²) in [6.45, 7) is 2.63. The molecular weight excluding hydrogens is 202 g/mol. The van der Waals surface area contributed by atoms with Crippen LogP contribution in [0.1, 0.15) is 6.92 Å². The minimum atomic E-state index is 0.287. The molecule has 0 fully saturated rings. The van der Waals surface area contributed by atoms with Gasteiger partial charge in [0.2, 0.25) is 5.95 Å². The molecule has 0 atom stereocenters. The van der Waals surface area contributed by atoms with Crippen LogP contribution in [0.4, 0.5) is 5.95 Å². The molecule has 0 radical (unpaired) electrons. The second-order valence-corrected chi connectivity index (χ2v) is 3.29. The van der Waals surface area contributed by atoms with Crippen LogP contribution in [0.3, 0.4) is 0 Å². The lowest BCUT2D eigenvalue weighted by Gasteiger charge is -2.04. The molecule has 0 saturated carbocycles. The molecule has 0 aliphatic rings. The van der Waals surface area contributed by atoms with E-state index in [2.05, 4.69) is 9.97 Å². The summed E-state index contributed by atoms with van der Waals surface area (Å²) in [5.74, 6) is 1.15. The quantitative estimate of drug-likeness (QED) is 0.851. The lowest BCUT2D eigenvalue weighted by molar-refractivity contribution is 0.340. The van der Waals surface area contributed by atoms with Crippen LogP contribution in [-0.2, 0) is 0 Å². The van der Waals surface area contributed by atoms with Gasteiger partial charge in [-0.1, -0.05) is 12.1 Å². The lowest BCUT2D eigenvalue weighted by atomic mass is 10.1. The Kier molecular flexibility index (Phi) is 3.00. The highest BCUT2D eigenvalue weighted by atomic mass is 16.5. The highest BCUT2D eigenvalue weighted by Gasteiger charge is 1.99. The van der Waals surface area contributed by atoms with Gasteiger partial charge in [0.1, 0.15) is 5.75 Å². The fourth-order valence-electron chi connectivity index (χ4n) is 1.40. The van der Waals surface area contributed by atoms with Crippen LogP contribution in [-0.4, -0.2) is 16.6 Å². The molecule has 0 bridgehead atoms. The summed E-state index contributed by atoms with van der Waals surface area (Å²) in [6.07, 6.45) is 3.41. The number of ether oxygens (including phenoxy) is 1. The molecule has 0 spiro atoms. The zero-order chi connectivity index (χ0) is 11.4. The van der Waals surface area contributed by atoms with E-state index in [0.717, 1.165) is 16.9 Å². The third kappa shape index (κ3) is 2.28. The minimum absolute atomic E-state index is 0.287. The average molecular weight is 215 g/mol. The van der Waals surface area contributed by atoms with Crippen molar-refractivity contribution in [1.82, 2.24) is 9.97 Å². The number of anilines is 1. The Balaban J connectivity index is 2.24. The highest BCUT2D eigenvalue weighted by Crippen LogP contribution is 2.21. The van der Waals surface area contributed by atoms with Crippen molar-refractivity contribution < 1.29 is 4.74 Å². The fraction of sp³-hybridized carbons (Fsp3) is 0.167. The topological polar surface area (TPSA) is 61.0 Å². The van der Waals surface area contributed by atoms with Crippen molar-refractivity contribution in [2.24, 2.45) is 0 Å². The third-order valence-corrected chi connectivity index (χ3v) is 2.17. The summed E-state index contributed by atoms with van der Waals surface area (Å²) in [7, 11) is 0. The van der Waals surface area contributed by atoms with Crippen LogP contribution < -0.4 is 10.5 Å². The first-order valence-electron chi connectivity index (χ1n) is 5.10. The first kappa shape index (κ1) is 10.4. The van der Waals surface area contributed by atoms with E-state index >= 15 is 0 Å². The number of aromatic nitrogens is 2. The van der Waals surface area contributed by atoms with Crippen molar-refractivity contribution in [2.45, 2.75) is 6.92 Å². The SMILES string of the molecule is CCOc1ccc(-c2cnc(N)nc2)cc1. The standard InChI is InChI=1S/C12H13N3O/c1-2-16-11-5-3-9(4-6-11)10-7-14-12(13)15-8-10/h3-8H,2H2,1H3,(H2,13,14,15). The summed E-state index contributed by atoms with van der Waals surface area (Å²) in [4.78, 5) is 7.90. The largest absolute Gasteiger partial charge is 0.494 e. The Morgan fingerprint density at radius 3 is 2.25 bits per heavy atom. The summed E-state index contributed by atoms with van der Waals surface area (Å²) in [5, 5.41) is 0. The molecule has 4 nitrogen and oxygen atoms in total. The van der Waals surface area contributed by atoms with Crippen molar-refractivity contribution in [3.63, 3.8) is 0 Å². The maximum absolute atomic E-state index is 5.43. The molecule has 2 rings (SSSR count). The first-order chi connectivity index (χ1) is 7.79. The number of nitrogens with two attached hydrogens (primary N) is 1. The molecule has 0 aliphatic heterocycles. The second kappa shape index (κ2) is 4.61. The predicted molar refractivity (Wildman–Crippen MR) is 63.0 cm³/mol. The molecule has 0 amide bonds. The molecule has 1 aromatic carbocycles. The van der Waals surface area contributed by atoms with E-state index in [1.54, 1.807) is 12.4 Å². The lowest BCUT2D eigenvalue weighted by Crippen LogP contribution is -1.94. The number of nitrogens with zero attached hydrogens (tertiary/aromatic N) is 2. The van der Waals surface area contributed by atoms with Gasteiger partial charge < -0.3 is 10.5 Å². The van der Waals surface area contributed by atoms with Crippen LogP contribution in [0.5, 0.6) is 5.75 Å². The van der Waals surface area contributed by atoms with E-state index in [1.165, 1.54) is 0 Å². The van der Waals surface area contributed by atoms with Crippen LogP contribution in [0, 0.1) is 0 Å². The van der Waals surface area contributed by atoms with Gasteiger partial charge in [0.05, 0.1) is 6.61 Å². The molecule has 0 saturated heterocycles. The highest BCUT2D eigenvalue weighted by molar-refractivity contribution is 5.62. The number of benzene rings is 1. The molecule has 0 unspecified atom stereocenters. The zero-order valence-electron chi connectivity index (χ0n) is 9.05. The maximum Gasteiger partial charge on any atom is 0.219 e. The van der Waals surface area contributed by atoms with Gasteiger partial charge in [0.15, 0.2) is 0 Å².